The first-order valence-electron chi connectivity index (χ1n) is 9.55. The Morgan fingerprint density at radius 1 is 1.14 bits per heavy atom. The Bertz CT molecular complexity index is 876. The number of amides is 1. The Balaban J connectivity index is 1.82. The van der Waals surface area contributed by atoms with Crippen molar-refractivity contribution in [2.75, 3.05) is 38.2 Å². The Morgan fingerprint density at radius 3 is 2.39 bits per heavy atom. The van der Waals surface area contributed by atoms with E-state index in [0.717, 1.165) is 11.1 Å². The second-order valence-corrected chi connectivity index (χ2v) is 7.83. The van der Waals surface area contributed by atoms with Gasteiger partial charge in [-0.2, -0.15) is 5.10 Å². The van der Waals surface area contributed by atoms with Gasteiger partial charge in [0.15, 0.2) is 0 Å². The normalized spacial score (nSPS) is 15.0. The SMILES string of the molecule is CCn1cc2c(N3CCN(C(=O)OC(C)(C)C)CC3)ccc(C(=O)OC)c2n1. The molecule has 0 aliphatic carbocycles. The van der Waals surface area contributed by atoms with Crippen LogP contribution < -0.4 is 4.90 Å². The molecule has 2 aromatic rings. The molecule has 0 spiro atoms. The second kappa shape index (κ2) is 7.69. The van der Waals surface area contributed by atoms with Gasteiger partial charge in [-0.05, 0) is 39.8 Å². The van der Waals surface area contributed by atoms with Crippen molar-refractivity contribution in [3.05, 3.63) is 23.9 Å². The molecule has 0 unspecified atom stereocenters. The first-order valence-corrected chi connectivity index (χ1v) is 9.55. The highest BCUT2D eigenvalue weighted by atomic mass is 16.6. The van der Waals surface area contributed by atoms with Gasteiger partial charge in [-0.25, -0.2) is 9.59 Å². The van der Waals surface area contributed by atoms with E-state index in [1.165, 1.54) is 7.11 Å². The highest BCUT2D eigenvalue weighted by molar-refractivity contribution is 6.06. The lowest BCUT2D eigenvalue weighted by Crippen LogP contribution is -2.50. The van der Waals surface area contributed by atoms with Gasteiger partial charge in [0, 0.05) is 50.0 Å². The predicted octanol–water partition coefficient (Wildman–Crippen LogP) is 2.90. The smallest absolute Gasteiger partial charge is 0.410 e. The van der Waals surface area contributed by atoms with Crippen LogP contribution in [0.1, 0.15) is 38.1 Å². The van der Waals surface area contributed by atoms with Crippen LogP contribution in [-0.2, 0) is 16.0 Å². The number of rotatable bonds is 3. The van der Waals surface area contributed by atoms with Gasteiger partial charge in [0.1, 0.15) is 11.1 Å². The van der Waals surface area contributed by atoms with E-state index >= 15 is 0 Å². The van der Waals surface area contributed by atoms with Crippen molar-refractivity contribution in [1.29, 1.82) is 0 Å². The summed E-state index contributed by atoms with van der Waals surface area (Å²) in [4.78, 5) is 28.3. The van der Waals surface area contributed by atoms with E-state index in [2.05, 4.69) is 10.00 Å². The lowest BCUT2D eigenvalue weighted by molar-refractivity contribution is 0.0240. The zero-order valence-electron chi connectivity index (χ0n) is 17.2. The van der Waals surface area contributed by atoms with Gasteiger partial charge >= 0.3 is 12.1 Å². The summed E-state index contributed by atoms with van der Waals surface area (Å²) in [6, 6.07) is 3.69. The molecule has 1 aromatic heterocycles. The van der Waals surface area contributed by atoms with Crippen molar-refractivity contribution in [3.8, 4) is 0 Å². The molecule has 1 aliphatic heterocycles. The molecular weight excluding hydrogens is 360 g/mol. The van der Waals surface area contributed by atoms with Gasteiger partial charge in [0.2, 0.25) is 0 Å². The minimum atomic E-state index is -0.501. The molecule has 0 N–H and O–H groups in total. The molecule has 0 bridgehead atoms. The summed E-state index contributed by atoms with van der Waals surface area (Å²) in [7, 11) is 1.37. The molecule has 28 heavy (non-hydrogen) atoms. The van der Waals surface area contributed by atoms with Crippen molar-refractivity contribution >= 4 is 28.7 Å². The van der Waals surface area contributed by atoms with Gasteiger partial charge in [0.05, 0.1) is 12.7 Å². The standard InChI is InChI=1S/C20H28N4O4/c1-6-24-13-15-16(8-7-14(17(15)21-24)18(25)27-5)22-9-11-23(12-10-22)19(26)28-20(2,3)4/h7-8,13H,6,9-12H2,1-5H3. The molecule has 1 aromatic carbocycles. The summed E-state index contributed by atoms with van der Waals surface area (Å²) in [5, 5.41) is 5.46. The van der Waals surface area contributed by atoms with Crippen LogP contribution in [0.3, 0.4) is 0 Å². The van der Waals surface area contributed by atoms with E-state index in [9.17, 15) is 9.59 Å². The number of methoxy groups -OCH3 is 1. The summed E-state index contributed by atoms with van der Waals surface area (Å²) < 4.78 is 12.2. The minimum Gasteiger partial charge on any atom is -0.465 e. The quantitative estimate of drug-likeness (QED) is 0.753. The lowest BCUT2D eigenvalue weighted by atomic mass is 10.1. The molecule has 1 saturated heterocycles. The van der Waals surface area contributed by atoms with Gasteiger partial charge in [0.25, 0.3) is 0 Å². The first kappa shape index (κ1) is 20.0. The summed E-state index contributed by atoms with van der Waals surface area (Å²) in [5.41, 5.74) is 1.60. The van der Waals surface area contributed by atoms with Gasteiger partial charge in [-0.15, -0.1) is 0 Å². The van der Waals surface area contributed by atoms with Gasteiger partial charge in [-0.3, -0.25) is 4.68 Å². The van der Waals surface area contributed by atoms with E-state index < -0.39 is 11.6 Å². The fourth-order valence-electron chi connectivity index (χ4n) is 3.31. The van der Waals surface area contributed by atoms with Crippen LogP contribution in [0.15, 0.2) is 18.3 Å². The minimum absolute atomic E-state index is 0.280. The van der Waals surface area contributed by atoms with Crippen LogP contribution in [0, 0.1) is 0 Å². The number of aromatic nitrogens is 2. The second-order valence-electron chi connectivity index (χ2n) is 7.83. The Morgan fingerprint density at radius 2 is 1.82 bits per heavy atom. The van der Waals surface area contributed by atoms with Crippen LogP contribution >= 0.6 is 0 Å². The maximum Gasteiger partial charge on any atom is 0.410 e. The van der Waals surface area contributed by atoms with Gasteiger partial charge < -0.3 is 19.3 Å². The topological polar surface area (TPSA) is 76.9 Å². The molecule has 0 saturated carbocycles. The number of anilines is 1. The zero-order chi connectivity index (χ0) is 20.5. The maximum atomic E-state index is 12.3. The number of ether oxygens (including phenoxy) is 2. The third-order valence-electron chi connectivity index (χ3n) is 4.70. The average molecular weight is 388 g/mol. The van der Waals surface area contributed by atoms with E-state index in [0.29, 0.717) is 43.8 Å². The molecule has 1 amide bonds. The van der Waals surface area contributed by atoms with E-state index in [-0.39, 0.29) is 6.09 Å². The van der Waals surface area contributed by atoms with Crippen molar-refractivity contribution in [3.63, 3.8) is 0 Å². The summed E-state index contributed by atoms with van der Waals surface area (Å²) in [6.45, 7) is 10.8. The summed E-state index contributed by atoms with van der Waals surface area (Å²) >= 11 is 0. The monoisotopic (exact) mass is 388 g/mol. The highest BCUT2D eigenvalue weighted by Crippen LogP contribution is 2.30. The molecule has 1 fully saturated rings. The van der Waals surface area contributed by atoms with E-state index in [1.807, 2.05) is 44.6 Å². The number of carbonyl (C=O) groups excluding carboxylic acids is 2. The Hall–Kier alpha value is -2.77. The molecular formula is C20H28N4O4. The molecule has 3 rings (SSSR count). The van der Waals surface area contributed by atoms with E-state index in [1.54, 1.807) is 11.0 Å². The molecule has 0 radical (unpaired) electrons. The van der Waals surface area contributed by atoms with Crippen LogP contribution in [0.5, 0.6) is 0 Å². The molecule has 8 nitrogen and oxygen atoms in total. The largest absolute Gasteiger partial charge is 0.465 e. The number of fused-ring (bicyclic) bond motifs is 1. The number of aryl methyl sites for hydroxylation is 1. The van der Waals surface area contributed by atoms with E-state index in [4.69, 9.17) is 9.47 Å². The molecule has 152 valence electrons. The maximum absolute atomic E-state index is 12.3. The number of nitrogens with zero attached hydrogens (tertiary/aromatic N) is 4. The third-order valence-corrected chi connectivity index (χ3v) is 4.70. The number of hydrogen-bond acceptors (Lipinski definition) is 6. The first-order chi connectivity index (χ1) is 13.2. The number of benzene rings is 1. The average Bonchev–Trinajstić information content (AvgIpc) is 3.10. The molecule has 1 aliphatic rings. The van der Waals surface area contributed by atoms with Crippen molar-refractivity contribution in [2.45, 2.75) is 39.8 Å². The van der Waals surface area contributed by atoms with Crippen LogP contribution in [0.25, 0.3) is 10.9 Å². The molecule has 0 atom stereocenters. The number of hydrogen-bond donors (Lipinski definition) is 0. The zero-order valence-corrected chi connectivity index (χ0v) is 17.2. The fraction of sp³-hybridized carbons (Fsp3) is 0.550. The van der Waals surface area contributed by atoms with Crippen LogP contribution in [-0.4, -0.2) is 65.6 Å². The molecule has 8 heteroatoms. The summed E-state index contributed by atoms with van der Waals surface area (Å²) in [6.07, 6.45) is 1.68. The van der Waals surface area contributed by atoms with Crippen LogP contribution in [0.2, 0.25) is 0 Å². The highest BCUT2D eigenvalue weighted by Gasteiger charge is 2.27. The summed E-state index contributed by atoms with van der Waals surface area (Å²) in [5.74, 6) is -0.396. The van der Waals surface area contributed by atoms with Gasteiger partial charge in [-0.1, -0.05) is 0 Å². The Kier molecular flexibility index (Phi) is 5.49. The number of piperazine rings is 1. The number of carbonyl (C=O) groups is 2. The van der Waals surface area contributed by atoms with Crippen molar-refractivity contribution in [1.82, 2.24) is 14.7 Å². The van der Waals surface area contributed by atoms with Crippen molar-refractivity contribution < 1.29 is 19.1 Å². The van der Waals surface area contributed by atoms with Crippen molar-refractivity contribution in [2.24, 2.45) is 0 Å². The molecule has 2 heterocycles. The lowest BCUT2D eigenvalue weighted by Gasteiger charge is -2.37. The fourth-order valence-corrected chi connectivity index (χ4v) is 3.31. The third kappa shape index (κ3) is 4.05. The Labute approximate surface area is 165 Å². The van der Waals surface area contributed by atoms with Crippen LogP contribution in [0.4, 0.5) is 10.5 Å². The predicted molar refractivity (Wildman–Crippen MR) is 107 cm³/mol. The number of esters is 1.